The molecule has 146 valence electrons. The maximum atomic E-state index is 14.8. The first-order chi connectivity index (χ1) is 13.6. The van der Waals surface area contributed by atoms with Crippen molar-refractivity contribution in [3.8, 4) is 17.5 Å². The van der Waals surface area contributed by atoms with E-state index in [0.29, 0.717) is 36.3 Å². The van der Waals surface area contributed by atoms with E-state index in [4.69, 9.17) is 19.0 Å². The minimum absolute atomic E-state index is 0.0206. The molecular formula is C19H18FN3O5. The first-order valence-corrected chi connectivity index (χ1v) is 8.47. The summed E-state index contributed by atoms with van der Waals surface area (Å²) in [6.45, 7) is 0. The topological polar surface area (TPSA) is 92.1 Å². The summed E-state index contributed by atoms with van der Waals surface area (Å²) in [5.74, 6) is -1.31. The monoisotopic (exact) mass is 387 g/mol. The fourth-order valence-electron chi connectivity index (χ4n) is 2.68. The molecule has 1 aliphatic carbocycles. The molecule has 0 unspecified atom stereocenters. The van der Waals surface area contributed by atoms with Crippen molar-refractivity contribution in [2.75, 3.05) is 14.2 Å². The average Bonchev–Trinajstić information content (AvgIpc) is 3.17. The smallest absolute Gasteiger partial charge is 0.360 e. The van der Waals surface area contributed by atoms with Gasteiger partial charge in [-0.15, -0.1) is 0 Å². The third-order valence-electron chi connectivity index (χ3n) is 3.92. The number of para-hydroxylation sites is 1. The molecule has 0 aliphatic heterocycles. The minimum Gasteiger partial charge on any atom is -0.464 e. The standard InChI is InChI=1S/C19H18FN3O5/c1-25-19(24)16(23-26-2)13-9-6-10-14(13)28-18-15(20)17(21-11-22-18)27-12-7-4-3-5-8-12/h3-5,7-8,11H,6,9-10H2,1-2H3/b23-16+. The molecule has 0 radical (unpaired) electrons. The Morgan fingerprint density at radius 1 is 1.07 bits per heavy atom. The zero-order valence-electron chi connectivity index (χ0n) is 15.3. The van der Waals surface area contributed by atoms with Crippen molar-refractivity contribution in [1.82, 2.24) is 9.97 Å². The van der Waals surface area contributed by atoms with Gasteiger partial charge < -0.3 is 19.0 Å². The van der Waals surface area contributed by atoms with Crippen LogP contribution in [0.15, 0.2) is 53.1 Å². The molecule has 0 saturated carbocycles. The molecule has 1 heterocycles. The van der Waals surface area contributed by atoms with E-state index in [2.05, 4.69) is 15.1 Å². The molecule has 0 amide bonds. The van der Waals surface area contributed by atoms with Crippen LogP contribution >= 0.6 is 0 Å². The van der Waals surface area contributed by atoms with Crippen molar-refractivity contribution in [3.05, 3.63) is 53.8 Å². The molecular weight excluding hydrogens is 369 g/mol. The van der Waals surface area contributed by atoms with Gasteiger partial charge in [0.1, 0.15) is 24.9 Å². The predicted octanol–water partition coefficient (Wildman–Crippen LogP) is 3.40. The van der Waals surface area contributed by atoms with Crippen LogP contribution in [-0.4, -0.2) is 35.9 Å². The summed E-state index contributed by atoms with van der Waals surface area (Å²) in [4.78, 5) is 24.3. The molecule has 1 aliphatic rings. The van der Waals surface area contributed by atoms with Gasteiger partial charge in [-0.3, -0.25) is 0 Å². The fourth-order valence-corrected chi connectivity index (χ4v) is 2.68. The van der Waals surface area contributed by atoms with Crippen LogP contribution in [0.3, 0.4) is 0 Å². The van der Waals surface area contributed by atoms with Crippen molar-refractivity contribution in [3.63, 3.8) is 0 Å². The van der Waals surface area contributed by atoms with Crippen molar-refractivity contribution in [1.29, 1.82) is 0 Å². The number of halogens is 1. The lowest BCUT2D eigenvalue weighted by molar-refractivity contribution is -0.132. The van der Waals surface area contributed by atoms with Crippen LogP contribution in [0, 0.1) is 5.82 Å². The lowest BCUT2D eigenvalue weighted by Crippen LogP contribution is -2.19. The number of carbonyl (C=O) groups is 1. The van der Waals surface area contributed by atoms with Gasteiger partial charge in [0.05, 0.1) is 7.11 Å². The molecule has 1 aromatic carbocycles. The Bertz CT molecular complexity index is 915. The van der Waals surface area contributed by atoms with Crippen LogP contribution < -0.4 is 9.47 Å². The number of aromatic nitrogens is 2. The van der Waals surface area contributed by atoms with E-state index in [0.717, 1.165) is 6.33 Å². The summed E-state index contributed by atoms with van der Waals surface area (Å²) in [5, 5.41) is 3.72. The number of hydrogen-bond donors (Lipinski definition) is 0. The highest BCUT2D eigenvalue weighted by molar-refractivity contribution is 6.43. The van der Waals surface area contributed by atoms with Gasteiger partial charge >= 0.3 is 5.97 Å². The first kappa shape index (κ1) is 19.3. The molecule has 2 aromatic rings. The molecule has 8 nitrogen and oxygen atoms in total. The predicted molar refractivity (Wildman–Crippen MR) is 96.5 cm³/mol. The highest BCUT2D eigenvalue weighted by Crippen LogP contribution is 2.32. The third-order valence-corrected chi connectivity index (χ3v) is 3.92. The van der Waals surface area contributed by atoms with Gasteiger partial charge in [-0.1, -0.05) is 23.4 Å². The number of esters is 1. The van der Waals surface area contributed by atoms with Gasteiger partial charge in [-0.2, -0.15) is 14.4 Å². The average molecular weight is 387 g/mol. The zero-order chi connectivity index (χ0) is 19.9. The molecule has 0 bridgehead atoms. The van der Waals surface area contributed by atoms with Gasteiger partial charge in [-0.25, -0.2) is 4.79 Å². The van der Waals surface area contributed by atoms with Crippen LogP contribution in [0.1, 0.15) is 19.3 Å². The maximum Gasteiger partial charge on any atom is 0.360 e. The Labute approximate surface area is 160 Å². The first-order valence-electron chi connectivity index (χ1n) is 8.47. The largest absolute Gasteiger partial charge is 0.464 e. The minimum atomic E-state index is -0.853. The second-order valence-corrected chi connectivity index (χ2v) is 5.68. The highest BCUT2D eigenvalue weighted by atomic mass is 19.1. The zero-order valence-corrected chi connectivity index (χ0v) is 15.3. The van der Waals surface area contributed by atoms with Gasteiger partial charge in [0.2, 0.25) is 5.82 Å². The van der Waals surface area contributed by atoms with Gasteiger partial charge in [0.15, 0.2) is 5.71 Å². The Hall–Kier alpha value is -3.49. The Morgan fingerprint density at radius 2 is 1.79 bits per heavy atom. The Kier molecular flexibility index (Phi) is 6.15. The van der Waals surface area contributed by atoms with E-state index in [1.807, 2.05) is 6.07 Å². The second kappa shape index (κ2) is 8.94. The van der Waals surface area contributed by atoms with Crippen LogP contribution in [0.25, 0.3) is 0 Å². The van der Waals surface area contributed by atoms with E-state index in [-0.39, 0.29) is 17.5 Å². The Balaban J connectivity index is 1.89. The molecule has 3 rings (SSSR count). The van der Waals surface area contributed by atoms with E-state index in [1.165, 1.54) is 14.2 Å². The second-order valence-electron chi connectivity index (χ2n) is 5.68. The highest BCUT2D eigenvalue weighted by Gasteiger charge is 2.28. The van der Waals surface area contributed by atoms with Gasteiger partial charge in [0.25, 0.3) is 11.8 Å². The summed E-state index contributed by atoms with van der Waals surface area (Å²) in [6.07, 6.45) is 2.82. The molecule has 9 heteroatoms. The molecule has 0 N–H and O–H groups in total. The van der Waals surface area contributed by atoms with Crippen molar-refractivity contribution >= 4 is 11.7 Å². The molecule has 0 saturated heterocycles. The quantitative estimate of drug-likeness (QED) is 0.408. The van der Waals surface area contributed by atoms with Crippen LogP contribution in [0.4, 0.5) is 4.39 Å². The maximum absolute atomic E-state index is 14.8. The van der Waals surface area contributed by atoms with Gasteiger partial charge in [-0.05, 0) is 25.0 Å². The third kappa shape index (κ3) is 4.25. The van der Waals surface area contributed by atoms with Crippen molar-refractivity contribution < 1.29 is 28.2 Å². The van der Waals surface area contributed by atoms with Crippen molar-refractivity contribution in [2.24, 2.45) is 5.16 Å². The van der Waals surface area contributed by atoms with Gasteiger partial charge in [0, 0.05) is 12.0 Å². The molecule has 1 aromatic heterocycles. The van der Waals surface area contributed by atoms with Crippen LogP contribution in [-0.2, 0) is 14.4 Å². The SMILES string of the molecule is CO/N=C(/C(=O)OC)C1=C(Oc2ncnc(Oc3ccccc3)c2F)CCC1. The number of rotatable bonds is 7. The number of carbonyl (C=O) groups excluding carboxylic acids is 1. The summed E-state index contributed by atoms with van der Waals surface area (Å²) in [7, 11) is 2.55. The molecule has 0 fully saturated rings. The van der Waals surface area contributed by atoms with Crippen molar-refractivity contribution in [2.45, 2.75) is 19.3 Å². The summed E-state index contributed by atoms with van der Waals surface area (Å²) in [5.41, 5.74) is 0.463. The number of hydrogen-bond acceptors (Lipinski definition) is 8. The summed E-state index contributed by atoms with van der Waals surface area (Å²) < 4.78 is 30.6. The number of oxime groups is 1. The lowest BCUT2D eigenvalue weighted by atomic mass is 10.1. The van der Waals surface area contributed by atoms with E-state index < -0.39 is 11.8 Å². The summed E-state index contributed by atoms with van der Waals surface area (Å²) >= 11 is 0. The van der Waals surface area contributed by atoms with E-state index in [1.54, 1.807) is 24.3 Å². The summed E-state index contributed by atoms with van der Waals surface area (Å²) in [6, 6.07) is 8.66. The number of nitrogens with zero attached hydrogens (tertiary/aromatic N) is 3. The van der Waals surface area contributed by atoms with Crippen LogP contribution in [0.5, 0.6) is 17.5 Å². The van der Waals surface area contributed by atoms with E-state index in [9.17, 15) is 9.18 Å². The Morgan fingerprint density at radius 3 is 2.46 bits per heavy atom. The number of methoxy groups -OCH3 is 1. The fraction of sp³-hybridized carbons (Fsp3) is 0.263. The molecule has 0 atom stereocenters. The normalized spacial score (nSPS) is 14.0. The number of benzene rings is 1. The van der Waals surface area contributed by atoms with E-state index >= 15 is 0 Å². The molecule has 0 spiro atoms. The molecule has 28 heavy (non-hydrogen) atoms. The number of allylic oxidation sites excluding steroid dienone is 1. The number of ether oxygens (including phenoxy) is 3. The van der Waals surface area contributed by atoms with Crippen LogP contribution in [0.2, 0.25) is 0 Å². The lowest BCUT2D eigenvalue weighted by Gasteiger charge is -2.11.